The summed E-state index contributed by atoms with van der Waals surface area (Å²) in [5, 5.41) is 34.3. The lowest BCUT2D eigenvalue weighted by atomic mass is 10.1. The van der Waals surface area contributed by atoms with Crippen LogP contribution < -0.4 is 27.4 Å². The molecule has 5 atom stereocenters. The molecule has 16 nitrogen and oxygen atoms in total. The van der Waals surface area contributed by atoms with Crippen LogP contribution in [-0.2, 0) is 35.2 Å². The highest BCUT2D eigenvalue weighted by Crippen LogP contribution is 2.05. The molecule has 16 heteroatoms. The molecule has 1 aromatic rings. The number of carbonyl (C=O) groups excluding carboxylic acids is 4. The number of aromatic nitrogens is 2. The summed E-state index contributed by atoms with van der Waals surface area (Å²) < 4.78 is 0. The van der Waals surface area contributed by atoms with Crippen molar-refractivity contribution in [3.8, 4) is 0 Å². The number of aromatic amines is 1. The number of carboxylic acid groups (broad SMARTS) is 2. The fourth-order valence-corrected chi connectivity index (χ4v) is 2.86. The number of nitrogens with zero attached hydrogens (tertiary/aromatic N) is 1. The Morgan fingerprint density at radius 1 is 1.03 bits per heavy atom. The lowest BCUT2D eigenvalue weighted by molar-refractivity contribution is -0.145. The quantitative estimate of drug-likeness (QED) is 0.112. The molecule has 0 saturated heterocycles. The molecule has 0 aliphatic rings. The maximum atomic E-state index is 12.9. The first-order chi connectivity index (χ1) is 16.3. The maximum Gasteiger partial charge on any atom is 0.328 e. The molecule has 5 unspecified atom stereocenters. The van der Waals surface area contributed by atoms with Gasteiger partial charge in [-0.3, -0.25) is 24.0 Å². The molecule has 0 spiro atoms. The molecule has 1 heterocycles. The molecule has 1 aromatic heterocycles. The summed E-state index contributed by atoms with van der Waals surface area (Å²) in [6.45, 7) is 1.15. The van der Waals surface area contributed by atoms with E-state index in [1.54, 1.807) is 0 Å². The second kappa shape index (κ2) is 13.6. The highest BCUT2D eigenvalue weighted by atomic mass is 16.4. The van der Waals surface area contributed by atoms with Crippen LogP contribution in [0.4, 0.5) is 0 Å². The molecule has 0 aromatic carbocycles. The zero-order valence-electron chi connectivity index (χ0n) is 18.8. The van der Waals surface area contributed by atoms with Crippen LogP contribution >= 0.6 is 0 Å². The number of aliphatic carboxylic acids is 2. The maximum absolute atomic E-state index is 12.9. The molecule has 0 fully saturated rings. The minimum Gasteiger partial charge on any atom is -0.481 e. The van der Waals surface area contributed by atoms with Gasteiger partial charge in [0.15, 0.2) is 6.04 Å². The zero-order chi connectivity index (χ0) is 26.7. The SMILES string of the molecule is CC(O)C(NC(=O)C(Cc1cnc[nH]1)NC(=O)C(CCC(N)=O)NC(=O)C(N)CC(=O)O)C(=O)O. The molecule has 11 N–H and O–H groups in total. The number of amides is 4. The minimum absolute atomic E-state index is 0.182. The van der Waals surface area contributed by atoms with Crippen LogP contribution in [0.15, 0.2) is 12.5 Å². The van der Waals surface area contributed by atoms with Gasteiger partial charge in [-0.2, -0.15) is 0 Å². The Labute approximate surface area is 198 Å². The Morgan fingerprint density at radius 3 is 2.11 bits per heavy atom. The molecular formula is C19H29N7O9. The van der Waals surface area contributed by atoms with E-state index in [0.717, 1.165) is 6.92 Å². The molecule has 4 amide bonds. The number of carbonyl (C=O) groups is 6. The van der Waals surface area contributed by atoms with Crippen molar-refractivity contribution in [1.82, 2.24) is 25.9 Å². The van der Waals surface area contributed by atoms with Crippen LogP contribution in [0.5, 0.6) is 0 Å². The van der Waals surface area contributed by atoms with Crippen LogP contribution in [0, 0.1) is 0 Å². The van der Waals surface area contributed by atoms with Gasteiger partial charge in [0.25, 0.3) is 0 Å². The monoisotopic (exact) mass is 499 g/mol. The summed E-state index contributed by atoms with van der Waals surface area (Å²) in [5.41, 5.74) is 11.0. The van der Waals surface area contributed by atoms with E-state index < -0.39 is 72.3 Å². The number of nitrogens with one attached hydrogen (secondary N) is 4. The number of hydrogen-bond acceptors (Lipinski definition) is 9. The summed E-state index contributed by atoms with van der Waals surface area (Å²) in [7, 11) is 0. The number of primary amides is 1. The normalized spacial score (nSPS) is 15.1. The molecule has 0 aliphatic carbocycles. The van der Waals surface area contributed by atoms with Gasteiger partial charge in [0.1, 0.15) is 12.1 Å². The van der Waals surface area contributed by atoms with E-state index >= 15 is 0 Å². The van der Waals surface area contributed by atoms with Gasteiger partial charge in [-0.05, 0) is 13.3 Å². The van der Waals surface area contributed by atoms with E-state index in [-0.39, 0.29) is 19.3 Å². The van der Waals surface area contributed by atoms with Gasteiger partial charge >= 0.3 is 11.9 Å². The molecule has 0 radical (unpaired) electrons. The third-order valence-corrected chi connectivity index (χ3v) is 4.70. The van der Waals surface area contributed by atoms with Gasteiger partial charge in [-0.15, -0.1) is 0 Å². The smallest absolute Gasteiger partial charge is 0.328 e. The number of rotatable bonds is 15. The summed E-state index contributed by atoms with van der Waals surface area (Å²) >= 11 is 0. The standard InChI is InChI=1S/C19H29N7O9/c1-8(27)15(19(34)35)26-18(33)12(4-9-6-22-7-23-9)25-17(32)11(2-3-13(21)28)24-16(31)10(20)5-14(29)30/h6-8,10-12,15,27H,2-5,20H2,1H3,(H2,21,28)(H,22,23)(H,24,31)(H,25,32)(H,26,33)(H,29,30)(H,34,35). The average molecular weight is 499 g/mol. The van der Waals surface area contributed by atoms with Crippen LogP contribution in [0.2, 0.25) is 0 Å². The van der Waals surface area contributed by atoms with Crippen LogP contribution in [-0.4, -0.2) is 91.1 Å². The molecule has 194 valence electrons. The topological polar surface area (TPSA) is 280 Å². The third-order valence-electron chi connectivity index (χ3n) is 4.70. The van der Waals surface area contributed by atoms with Crippen molar-refractivity contribution >= 4 is 35.6 Å². The molecule has 35 heavy (non-hydrogen) atoms. The number of carboxylic acids is 2. The fourth-order valence-electron chi connectivity index (χ4n) is 2.86. The number of aliphatic hydroxyl groups excluding tert-OH is 1. The first-order valence-electron chi connectivity index (χ1n) is 10.4. The Morgan fingerprint density at radius 2 is 1.63 bits per heavy atom. The lowest BCUT2D eigenvalue weighted by Crippen LogP contribution is -2.59. The van der Waals surface area contributed by atoms with Crippen LogP contribution in [0.25, 0.3) is 0 Å². The van der Waals surface area contributed by atoms with Crippen LogP contribution in [0.3, 0.4) is 0 Å². The van der Waals surface area contributed by atoms with Gasteiger partial charge in [-0.1, -0.05) is 0 Å². The Kier molecular flexibility index (Phi) is 11.3. The van der Waals surface area contributed by atoms with Gasteiger partial charge in [0.05, 0.1) is 24.9 Å². The van der Waals surface area contributed by atoms with Crippen molar-refractivity contribution in [3.05, 3.63) is 18.2 Å². The van der Waals surface area contributed by atoms with Crippen LogP contribution in [0.1, 0.15) is 31.9 Å². The highest BCUT2D eigenvalue weighted by Gasteiger charge is 2.32. The highest BCUT2D eigenvalue weighted by molar-refractivity contribution is 5.95. The van der Waals surface area contributed by atoms with Crippen molar-refractivity contribution in [3.63, 3.8) is 0 Å². The molecule has 0 bridgehead atoms. The van der Waals surface area contributed by atoms with Crippen molar-refractivity contribution in [2.75, 3.05) is 0 Å². The largest absolute Gasteiger partial charge is 0.481 e. The molecule has 1 rings (SSSR count). The summed E-state index contributed by atoms with van der Waals surface area (Å²) in [4.78, 5) is 77.8. The number of imidazole rings is 1. The van der Waals surface area contributed by atoms with E-state index in [2.05, 4.69) is 25.9 Å². The van der Waals surface area contributed by atoms with Gasteiger partial charge < -0.3 is 47.7 Å². The second-order valence-electron chi connectivity index (χ2n) is 7.68. The van der Waals surface area contributed by atoms with Crippen molar-refractivity contribution < 1.29 is 44.1 Å². The number of H-pyrrole nitrogens is 1. The second-order valence-corrected chi connectivity index (χ2v) is 7.68. The van der Waals surface area contributed by atoms with E-state index in [1.807, 2.05) is 0 Å². The van der Waals surface area contributed by atoms with E-state index in [4.69, 9.17) is 16.6 Å². The first-order valence-corrected chi connectivity index (χ1v) is 10.4. The summed E-state index contributed by atoms with van der Waals surface area (Å²) in [5.74, 6) is -6.58. The average Bonchev–Trinajstić information content (AvgIpc) is 3.25. The molecular weight excluding hydrogens is 470 g/mol. The van der Waals surface area contributed by atoms with Gasteiger partial charge in [0, 0.05) is 24.7 Å². The van der Waals surface area contributed by atoms with Crippen molar-refractivity contribution in [1.29, 1.82) is 0 Å². The fraction of sp³-hybridized carbons (Fsp3) is 0.526. The van der Waals surface area contributed by atoms with E-state index in [0.29, 0.717) is 5.69 Å². The minimum atomic E-state index is -1.68. The third kappa shape index (κ3) is 10.2. The first kappa shape index (κ1) is 29.0. The number of nitrogens with two attached hydrogens (primary N) is 2. The van der Waals surface area contributed by atoms with E-state index in [1.165, 1.54) is 12.5 Å². The van der Waals surface area contributed by atoms with Gasteiger partial charge in [0.2, 0.25) is 23.6 Å². The Bertz CT molecular complexity index is 920. The molecule has 0 saturated carbocycles. The Balaban J connectivity index is 3.09. The number of hydrogen-bond donors (Lipinski definition) is 9. The van der Waals surface area contributed by atoms with Crippen molar-refractivity contribution in [2.24, 2.45) is 11.5 Å². The molecule has 0 aliphatic heterocycles. The van der Waals surface area contributed by atoms with Gasteiger partial charge in [-0.25, -0.2) is 9.78 Å². The lowest BCUT2D eigenvalue weighted by Gasteiger charge is -2.25. The Hall–Kier alpha value is -4.05. The predicted octanol–water partition coefficient (Wildman–Crippen LogP) is -4.06. The van der Waals surface area contributed by atoms with Crippen molar-refractivity contribution in [2.45, 2.75) is 62.9 Å². The number of aliphatic hydroxyl groups is 1. The summed E-state index contributed by atoms with van der Waals surface area (Å²) in [6, 6.07) is -6.01. The predicted molar refractivity (Wildman–Crippen MR) is 116 cm³/mol. The summed E-state index contributed by atoms with van der Waals surface area (Å²) in [6.07, 6.45) is -0.341. The van der Waals surface area contributed by atoms with E-state index in [9.17, 15) is 39.0 Å². The zero-order valence-corrected chi connectivity index (χ0v) is 18.8.